The molecule has 1 aliphatic rings. The lowest BCUT2D eigenvalue weighted by molar-refractivity contribution is -0.222. The second kappa shape index (κ2) is 6.23. The number of carbonyl (C=O) groups excluding carboxylic acids is 2. The molecular formula is C15H15F2NO5. The predicted octanol–water partition coefficient (Wildman–Crippen LogP) is 2.73. The summed E-state index contributed by atoms with van der Waals surface area (Å²) in [5.74, 6) is -2.92. The summed E-state index contributed by atoms with van der Waals surface area (Å²) in [5.41, 5.74) is 0.791. The Bertz CT molecular complexity index is 648. The van der Waals surface area contributed by atoms with E-state index in [-0.39, 0.29) is 11.3 Å². The Morgan fingerprint density at radius 3 is 2.35 bits per heavy atom. The molecule has 1 heterocycles. The largest absolute Gasteiger partial charge is 0.435 e. The third-order valence-electron chi connectivity index (χ3n) is 2.91. The molecule has 0 aliphatic carbocycles. The number of carbonyl (C=O) groups is 2. The van der Waals surface area contributed by atoms with Gasteiger partial charge in [-0.2, -0.15) is 8.78 Å². The van der Waals surface area contributed by atoms with Gasteiger partial charge in [-0.1, -0.05) is 0 Å². The number of ether oxygens (including phenoxy) is 3. The molecule has 124 valence electrons. The van der Waals surface area contributed by atoms with E-state index in [2.05, 4.69) is 10.1 Å². The van der Waals surface area contributed by atoms with Crippen molar-refractivity contribution in [1.82, 2.24) is 0 Å². The lowest BCUT2D eigenvalue weighted by Crippen LogP contribution is -2.42. The fraction of sp³-hybridized carbons (Fsp3) is 0.333. The zero-order valence-corrected chi connectivity index (χ0v) is 12.7. The molecule has 0 radical (unpaired) electrons. The number of alkyl halides is 2. The summed E-state index contributed by atoms with van der Waals surface area (Å²) < 4.78 is 38.5. The van der Waals surface area contributed by atoms with Crippen LogP contribution in [0.2, 0.25) is 0 Å². The second-order valence-corrected chi connectivity index (χ2v) is 5.24. The van der Waals surface area contributed by atoms with Gasteiger partial charge in [-0.25, -0.2) is 9.59 Å². The van der Waals surface area contributed by atoms with Crippen molar-refractivity contribution in [3.8, 4) is 5.75 Å². The third kappa shape index (κ3) is 4.18. The first-order valence-corrected chi connectivity index (χ1v) is 6.67. The number of aryl methyl sites for hydroxylation is 1. The van der Waals surface area contributed by atoms with Crippen LogP contribution in [0.3, 0.4) is 0 Å². The van der Waals surface area contributed by atoms with Crippen LogP contribution in [0, 0.1) is 6.92 Å². The minimum atomic E-state index is -2.91. The molecule has 1 aliphatic heterocycles. The molecule has 1 saturated heterocycles. The summed E-state index contributed by atoms with van der Waals surface area (Å²) in [6.07, 6.45) is 1.15. The van der Waals surface area contributed by atoms with Crippen LogP contribution in [0.5, 0.6) is 5.75 Å². The van der Waals surface area contributed by atoms with Crippen LogP contribution in [0.1, 0.15) is 19.4 Å². The number of hydrogen-bond donors (Lipinski definition) is 1. The Kier molecular flexibility index (Phi) is 4.53. The molecule has 0 aromatic heterocycles. The van der Waals surface area contributed by atoms with E-state index in [1.165, 1.54) is 32.0 Å². The molecule has 0 bridgehead atoms. The summed E-state index contributed by atoms with van der Waals surface area (Å²) in [6.45, 7) is 1.63. The van der Waals surface area contributed by atoms with Gasteiger partial charge in [0.25, 0.3) is 5.79 Å². The van der Waals surface area contributed by atoms with Crippen molar-refractivity contribution in [2.75, 3.05) is 5.32 Å². The van der Waals surface area contributed by atoms with Gasteiger partial charge in [-0.3, -0.25) is 0 Å². The van der Waals surface area contributed by atoms with Crippen LogP contribution in [0.25, 0.3) is 0 Å². The fourth-order valence-corrected chi connectivity index (χ4v) is 1.90. The summed E-state index contributed by atoms with van der Waals surface area (Å²) in [6, 6.07) is 4.21. The molecule has 0 unspecified atom stereocenters. The molecule has 0 atom stereocenters. The van der Waals surface area contributed by atoms with Crippen LogP contribution in [0.15, 0.2) is 30.0 Å². The first-order chi connectivity index (χ1) is 10.7. The van der Waals surface area contributed by atoms with Crippen molar-refractivity contribution in [2.45, 2.75) is 33.2 Å². The third-order valence-corrected chi connectivity index (χ3v) is 2.91. The highest BCUT2D eigenvalue weighted by atomic mass is 19.3. The maximum atomic E-state index is 12.1. The number of benzene rings is 1. The molecule has 23 heavy (non-hydrogen) atoms. The van der Waals surface area contributed by atoms with Gasteiger partial charge < -0.3 is 19.5 Å². The molecule has 8 heteroatoms. The number of halogens is 2. The summed E-state index contributed by atoms with van der Waals surface area (Å²) in [5, 5.41) is 2.74. The van der Waals surface area contributed by atoms with Gasteiger partial charge in [0.15, 0.2) is 5.57 Å². The normalized spacial score (nSPS) is 16.7. The fourth-order valence-electron chi connectivity index (χ4n) is 1.90. The Hall–Kier alpha value is -2.64. The van der Waals surface area contributed by atoms with Crippen molar-refractivity contribution in [3.63, 3.8) is 0 Å². The Balaban J connectivity index is 2.14. The number of hydrogen-bond acceptors (Lipinski definition) is 6. The summed E-state index contributed by atoms with van der Waals surface area (Å²) in [7, 11) is 0. The zero-order chi connectivity index (χ0) is 17.2. The van der Waals surface area contributed by atoms with E-state index in [0.29, 0.717) is 11.3 Å². The molecule has 1 aromatic rings. The van der Waals surface area contributed by atoms with Crippen LogP contribution in [0.4, 0.5) is 14.5 Å². The number of anilines is 1. The van der Waals surface area contributed by atoms with Crippen LogP contribution in [-0.4, -0.2) is 24.3 Å². The minimum Gasteiger partial charge on any atom is -0.435 e. The molecule has 0 spiro atoms. The van der Waals surface area contributed by atoms with Crippen molar-refractivity contribution in [2.24, 2.45) is 0 Å². The van der Waals surface area contributed by atoms with Crippen molar-refractivity contribution >= 4 is 17.6 Å². The minimum absolute atomic E-state index is 0.00828. The highest BCUT2D eigenvalue weighted by Crippen LogP contribution is 2.25. The average molecular weight is 327 g/mol. The van der Waals surface area contributed by atoms with E-state index in [0.717, 1.165) is 6.20 Å². The smallest absolute Gasteiger partial charge is 0.387 e. The first-order valence-electron chi connectivity index (χ1n) is 6.67. The number of nitrogens with one attached hydrogen (secondary N) is 1. The molecule has 0 saturated carbocycles. The van der Waals surface area contributed by atoms with Crippen molar-refractivity contribution in [1.29, 1.82) is 0 Å². The van der Waals surface area contributed by atoms with Crippen LogP contribution in [-0.2, 0) is 19.1 Å². The topological polar surface area (TPSA) is 73.9 Å². The number of rotatable bonds is 4. The quantitative estimate of drug-likeness (QED) is 0.521. The molecule has 1 fully saturated rings. The predicted molar refractivity (Wildman–Crippen MR) is 75.8 cm³/mol. The van der Waals surface area contributed by atoms with Gasteiger partial charge in [0.05, 0.1) is 0 Å². The van der Waals surface area contributed by atoms with E-state index in [1.807, 2.05) is 0 Å². The Labute approximate surface area is 131 Å². The van der Waals surface area contributed by atoms with Crippen LogP contribution >= 0.6 is 0 Å². The van der Waals surface area contributed by atoms with Gasteiger partial charge in [0.2, 0.25) is 0 Å². The second-order valence-electron chi connectivity index (χ2n) is 5.24. The zero-order valence-electron chi connectivity index (χ0n) is 12.7. The molecule has 2 rings (SSSR count). The van der Waals surface area contributed by atoms with Gasteiger partial charge >= 0.3 is 18.6 Å². The maximum absolute atomic E-state index is 12.1. The van der Waals surface area contributed by atoms with E-state index in [4.69, 9.17) is 9.47 Å². The molecule has 6 nitrogen and oxygen atoms in total. The number of esters is 2. The highest BCUT2D eigenvalue weighted by Gasteiger charge is 2.38. The van der Waals surface area contributed by atoms with Gasteiger partial charge in [-0.15, -0.1) is 0 Å². The van der Waals surface area contributed by atoms with Crippen molar-refractivity contribution < 1.29 is 32.6 Å². The molecule has 0 amide bonds. The van der Waals surface area contributed by atoms with E-state index in [1.54, 1.807) is 6.92 Å². The van der Waals surface area contributed by atoms with E-state index >= 15 is 0 Å². The molecule has 1 aromatic carbocycles. The molecular weight excluding hydrogens is 312 g/mol. The Morgan fingerprint density at radius 2 is 1.83 bits per heavy atom. The monoisotopic (exact) mass is 327 g/mol. The van der Waals surface area contributed by atoms with E-state index in [9.17, 15) is 18.4 Å². The average Bonchev–Trinajstić information content (AvgIpc) is 2.37. The molecule has 1 N–H and O–H groups in total. The highest BCUT2D eigenvalue weighted by molar-refractivity contribution is 6.15. The maximum Gasteiger partial charge on any atom is 0.387 e. The van der Waals surface area contributed by atoms with E-state index < -0.39 is 24.3 Å². The standard InChI is InChI=1S/C15H15F2NO5/c1-8-6-9(21-14(16)17)4-5-11(8)18-7-10-12(19)22-15(2,3)23-13(10)20/h4-7,14,18H,1-3H3. The van der Waals surface area contributed by atoms with Gasteiger partial charge in [-0.05, 0) is 30.7 Å². The SMILES string of the molecule is Cc1cc(OC(F)F)ccc1NC=C1C(=O)OC(C)(C)OC1=O. The summed E-state index contributed by atoms with van der Waals surface area (Å²) >= 11 is 0. The van der Waals surface area contributed by atoms with Gasteiger partial charge in [0.1, 0.15) is 5.75 Å². The van der Waals surface area contributed by atoms with Gasteiger partial charge in [0, 0.05) is 25.7 Å². The first kappa shape index (κ1) is 16.7. The number of cyclic esters (lactones) is 2. The Morgan fingerprint density at radius 1 is 1.22 bits per heavy atom. The van der Waals surface area contributed by atoms with Crippen molar-refractivity contribution in [3.05, 3.63) is 35.5 Å². The lowest BCUT2D eigenvalue weighted by atomic mass is 10.2. The summed E-state index contributed by atoms with van der Waals surface area (Å²) in [4.78, 5) is 23.5. The lowest BCUT2D eigenvalue weighted by Gasteiger charge is -2.29. The van der Waals surface area contributed by atoms with Crippen LogP contribution < -0.4 is 10.1 Å².